The average molecular weight is 444 g/mol. The molecule has 0 aliphatic rings. The van der Waals surface area contributed by atoms with Gasteiger partial charge in [0, 0.05) is 0 Å². The number of aryl methyl sites for hydroxylation is 2. The smallest absolute Gasteiger partial charge is 0.339 e. The second kappa shape index (κ2) is 9.00. The number of esters is 1. The van der Waals surface area contributed by atoms with Crippen LogP contribution in [0.3, 0.4) is 0 Å². The maximum atomic E-state index is 13.2. The van der Waals surface area contributed by atoms with E-state index in [-0.39, 0.29) is 15.5 Å². The molecule has 0 aliphatic heterocycles. The van der Waals surface area contributed by atoms with Gasteiger partial charge in [0.2, 0.25) is 10.0 Å². The molecule has 156 valence electrons. The molecule has 5 nitrogen and oxygen atoms in total. The van der Waals surface area contributed by atoms with Crippen LogP contribution in [0.2, 0.25) is 5.02 Å². The number of ether oxygens (including phenoxy) is 1. The predicted molar refractivity (Wildman–Crippen MR) is 117 cm³/mol. The first-order chi connectivity index (χ1) is 14.2. The van der Waals surface area contributed by atoms with Gasteiger partial charge >= 0.3 is 5.97 Å². The SMILES string of the molecule is COC(=O)c1cc(S(=O)(=O)N[C@@H](c2ccccc2)c2ccc(C)cc2C)ccc1Cl. The summed E-state index contributed by atoms with van der Waals surface area (Å²) in [5, 5.41) is 0.120. The van der Waals surface area contributed by atoms with Gasteiger partial charge in [-0.25, -0.2) is 13.2 Å². The number of methoxy groups -OCH3 is 1. The molecule has 0 fully saturated rings. The van der Waals surface area contributed by atoms with E-state index in [4.69, 9.17) is 16.3 Å². The van der Waals surface area contributed by atoms with Gasteiger partial charge in [0.25, 0.3) is 0 Å². The van der Waals surface area contributed by atoms with E-state index in [1.807, 2.05) is 62.4 Å². The summed E-state index contributed by atoms with van der Waals surface area (Å²) < 4.78 is 33.9. The Bertz CT molecular complexity index is 1180. The lowest BCUT2D eigenvalue weighted by Gasteiger charge is -2.22. The Hall–Kier alpha value is -2.67. The standard InChI is InChI=1S/C23H22ClNO4S/c1-15-9-11-19(16(2)13-15)22(17-7-5-4-6-8-17)25-30(27,28)18-10-12-21(24)20(14-18)23(26)29-3/h4-14,22,25H,1-3H3/t22-/m0/s1. The largest absolute Gasteiger partial charge is 0.465 e. The van der Waals surface area contributed by atoms with E-state index in [9.17, 15) is 13.2 Å². The molecule has 3 rings (SSSR count). The van der Waals surface area contributed by atoms with Crippen molar-refractivity contribution in [3.05, 3.63) is 99.6 Å². The Balaban J connectivity index is 2.07. The van der Waals surface area contributed by atoms with Gasteiger partial charge < -0.3 is 4.74 Å². The Kier molecular flexibility index (Phi) is 6.61. The molecule has 30 heavy (non-hydrogen) atoms. The van der Waals surface area contributed by atoms with Crippen molar-refractivity contribution in [1.29, 1.82) is 0 Å². The van der Waals surface area contributed by atoms with Crippen LogP contribution in [0.1, 0.15) is 38.7 Å². The minimum absolute atomic E-state index is 0.00943. The summed E-state index contributed by atoms with van der Waals surface area (Å²) in [5.74, 6) is -0.703. The molecular weight excluding hydrogens is 422 g/mol. The van der Waals surface area contributed by atoms with Crippen LogP contribution in [0.4, 0.5) is 0 Å². The van der Waals surface area contributed by atoms with E-state index in [1.54, 1.807) is 0 Å². The summed E-state index contributed by atoms with van der Waals surface area (Å²) in [5.41, 5.74) is 3.70. The van der Waals surface area contributed by atoms with Gasteiger partial charge in [-0.1, -0.05) is 65.7 Å². The molecule has 1 atom stereocenters. The number of benzene rings is 3. The number of rotatable bonds is 6. The monoisotopic (exact) mass is 443 g/mol. The number of halogens is 1. The van der Waals surface area contributed by atoms with Gasteiger partial charge in [-0.15, -0.1) is 0 Å². The minimum atomic E-state index is -3.98. The van der Waals surface area contributed by atoms with Crippen molar-refractivity contribution in [3.63, 3.8) is 0 Å². The van der Waals surface area contributed by atoms with Crippen LogP contribution in [0.25, 0.3) is 0 Å². The summed E-state index contributed by atoms with van der Waals surface area (Å²) in [6.45, 7) is 3.94. The van der Waals surface area contributed by atoms with Crippen LogP contribution < -0.4 is 4.72 Å². The molecule has 0 radical (unpaired) electrons. The number of carbonyl (C=O) groups is 1. The molecular formula is C23H22ClNO4S. The first-order valence-corrected chi connectivity index (χ1v) is 11.1. The van der Waals surface area contributed by atoms with E-state index < -0.39 is 22.0 Å². The van der Waals surface area contributed by atoms with Crippen LogP contribution in [0, 0.1) is 13.8 Å². The molecule has 1 N–H and O–H groups in total. The highest BCUT2D eigenvalue weighted by molar-refractivity contribution is 7.89. The quantitative estimate of drug-likeness (QED) is 0.555. The molecule has 0 saturated carbocycles. The summed E-state index contributed by atoms with van der Waals surface area (Å²) >= 11 is 6.04. The predicted octanol–water partition coefficient (Wildman–Crippen LogP) is 4.81. The number of hydrogen-bond acceptors (Lipinski definition) is 4. The van der Waals surface area contributed by atoms with Crippen LogP contribution in [-0.2, 0) is 14.8 Å². The van der Waals surface area contributed by atoms with Crippen molar-refractivity contribution in [1.82, 2.24) is 4.72 Å². The molecule has 0 amide bonds. The molecule has 0 bridgehead atoms. The lowest BCUT2D eigenvalue weighted by atomic mass is 9.95. The third-order valence-corrected chi connectivity index (χ3v) is 6.55. The summed E-state index contributed by atoms with van der Waals surface area (Å²) in [7, 11) is -2.77. The molecule has 3 aromatic rings. The Morgan fingerprint density at radius 3 is 2.33 bits per heavy atom. The zero-order chi connectivity index (χ0) is 21.9. The zero-order valence-corrected chi connectivity index (χ0v) is 18.4. The van der Waals surface area contributed by atoms with Crippen molar-refractivity contribution in [2.75, 3.05) is 7.11 Å². The lowest BCUT2D eigenvalue weighted by molar-refractivity contribution is 0.0600. The van der Waals surface area contributed by atoms with Crippen molar-refractivity contribution >= 4 is 27.6 Å². The summed E-state index contributed by atoms with van der Waals surface area (Å²) in [6, 6.07) is 18.6. The lowest BCUT2D eigenvalue weighted by Crippen LogP contribution is -2.30. The Morgan fingerprint density at radius 1 is 1.00 bits per heavy atom. The van der Waals surface area contributed by atoms with Gasteiger partial charge in [0.05, 0.1) is 28.6 Å². The Labute approximate surface area is 181 Å². The minimum Gasteiger partial charge on any atom is -0.465 e. The van der Waals surface area contributed by atoms with Gasteiger partial charge in [-0.05, 0) is 48.7 Å². The number of nitrogens with one attached hydrogen (secondary N) is 1. The van der Waals surface area contributed by atoms with Gasteiger partial charge in [0.1, 0.15) is 0 Å². The molecule has 0 saturated heterocycles. The van der Waals surface area contributed by atoms with Crippen LogP contribution in [-0.4, -0.2) is 21.5 Å². The number of carbonyl (C=O) groups excluding carboxylic acids is 1. The fourth-order valence-electron chi connectivity index (χ4n) is 3.27. The first-order valence-electron chi connectivity index (χ1n) is 9.25. The van der Waals surface area contributed by atoms with Gasteiger partial charge in [0.15, 0.2) is 0 Å². The van der Waals surface area contributed by atoms with E-state index in [2.05, 4.69) is 4.72 Å². The van der Waals surface area contributed by atoms with Crippen molar-refractivity contribution < 1.29 is 17.9 Å². The van der Waals surface area contributed by atoms with E-state index in [1.165, 1.54) is 25.3 Å². The van der Waals surface area contributed by atoms with Gasteiger partial charge in [-0.3, -0.25) is 0 Å². The highest BCUT2D eigenvalue weighted by Crippen LogP contribution is 2.29. The van der Waals surface area contributed by atoms with Crippen LogP contribution >= 0.6 is 11.6 Å². The zero-order valence-electron chi connectivity index (χ0n) is 16.8. The fraction of sp³-hybridized carbons (Fsp3) is 0.174. The second-order valence-corrected chi connectivity index (χ2v) is 9.08. The molecule has 0 aliphatic carbocycles. The summed E-state index contributed by atoms with van der Waals surface area (Å²) in [6.07, 6.45) is 0. The molecule has 0 aromatic heterocycles. The molecule has 0 spiro atoms. The van der Waals surface area contributed by atoms with E-state index in [0.717, 1.165) is 22.3 Å². The third kappa shape index (κ3) is 4.73. The highest BCUT2D eigenvalue weighted by atomic mass is 35.5. The first kappa shape index (κ1) is 22.0. The molecule has 3 aromatic carbocycles. The maximum absolute atomic E-state index is 13.2. The molecule has 7 heteroatoms. The average Bonchev–Trinajstić information content (AvgIpc) is 2.72. The maximum Gasteiger partial charge on any atom is 0.339 e. The van der Waals surface area contributed by atoms with Crippen molar-refractivity contribution in [3.8, 4) is 0 Å². The molecule has 0 unspecified atom stereocenters. The highest BCUT2D eigenvalue weighted by Gasteiger charge is 2.25. The van der Waals surface area contributed by atoms with E-state index in [0.29, 0.717) is 0 Å². The van der Waals surface area contributed by atoms with Crippen molar-refractivity contribution in [2.24, 2.45) is 0 Å². The van der Waals surface area contributed by atoms with Crippen LogP contribution in [0.15, 0.2) is 71.6 Å². The molecule has 0 heterocycles. The van der Waals surface area contributed by atoms with Gasteiger partial charge in [-0.2, -0.15) is 4.72 Å². The fourth-order valence-corrected chi connectivity index (χ4v) is 4.69. The normalized spacial score (nSPS) is 12.4. The number of sulfonamides is 1. The number of hydrogen-bond donors (Lipinski definition) is 1. The second-order valence-electron chi connectivity index (χ2n) is 6.96. The van der Waals surface area contributed by atoms with E-state index >= 15 is 0 Å². The summed E-state index contributed by atoms with van der Waals surface area (Å²) in [4.78, 5) is 11.9. The Morgan fingerprint density at radius 2 is 1.70 bits per heavy atom. The third-order valence-electron chi connectivity index (χ3n) is 4.80. The topological polar surface area (TPSA) is 72.5 Å². The van der Waals surface area contributed by atoms with Crippen LogP contribution in [0.5, 0.6) is 0 Å². The van der Waals surface area contributed by atoms with Crippen molar-refractivity contribution in [2.45, 2.75) is 24.8 Å².